The van der Waals surface area contributed by atoms with Gasteiger partial charge in [-0.3, -0.25) is 4.57 Å². The molecule has 0 radical (unpaired) electrons. The molecule has 4 atom stereocenters. The molecule has 0 bridgehead atoms. The Kier molecular flexibility index (Phi) is 3.55. The quantitative estimate of drug-likeness (QED) is 0.477. The summed E-state index contributed by atoms with van der Waals surface area (Å²) < 4.78 is 6.88. The molecule has 3 rings (SSSR count). The first-order valence-electron chi connectivity index (χ1n) is 6.14. The molecule has 0 aliphatic carbocycles. The van der Waals surface area contributed by atoms with E-state index in [4.69, 9.17) is 27.8 Å². The lowest BCUT2D eigenvalue weighted by Crippen LogP contribution is -2.33. The zero-order valence-electron chi connectivity index (χ0n) is 10.7. The summed E-state index contributed by atoms with van der Waals surface area (Å²) in [6.07, 6.45) is -1.55. The number of hydrogen-bond donors (Lipinski definition) is 4. The molecule has 9 nitrogen and oxygen atoms in total. The molecule has 1 aliphatic rings. The smallest absolute Gasteiger partial charge is 0.166 e. The van der Waals surface area contributed by atoms with Gasteiger partial charge in [-0.1, -0.05) is 12.2 Å². The standard InChI is InChI=1S/C11H13N5O4S/c12-9(21)5-6-10(14-2-13-5)16(3-15-6)11-8(19)7(18)4(1-17)20-11/h2-4,7-8,11,17-19H,1H2,(H2,12,21)/t4-,7+,8-,11+/m0/s1. The zero-order chi connectivity index (χ0) is 15.1. The summed E-state index contributed by atoms with van der Waals surface area (Å²) in [5.74, 6) is 0. The van der Waals surface area contributed by atoms with E-state index in [1.165, 1.54) is 17.2 Å². The van der Waals surface area contributed by atoms with Crippen LogP contribution in [0.4, 0.5) is 0 Å². The summed E-state index contributed by atoms with van der Waals surface area (Å²) in [5.41, 5.74) is 6.63. The van der Waals surface area contributed by atoms with Gasteiger partial charge in [0, 0.05) is 0 Å². The van der Waals surface area contributed by atoms with Crippen molar-refractivity contribution in [1.82, 2.24) is 19.5 Å². The molecule has 2 aromatic heterocycles. The van der Waals surface area contributed by atoms with E-state index in [0.717, 1.165) is 0 Å². The number of imidazole rings is 1. The molecule has 10 heteroatoms. The molecule has 21 heavy (non-hydrogen) atoms. The Bertz CT molecular complexity index is 692. The molecule has 3 heterocycles. The van der Waals surface area contributed by atoms with Gasteiger partial charge >= 0.3 is 0 Å². The fraction of sp³-hybridized carbons (Fsp3) is 0.455. The molecule has 1 aliphatic heterocycles. The largest absolute Gasteiger partial charge is 0.394 e. The third-order valence-electron chi connectivity index (χ3n) is 3.38. The van der Waals surface area contributed by atoms with Crippen molar-refractivity contribution < 1.29 is 20.1 Å². The lowest BCUT2D eigenvalue weighted by molar-refractivity contribution is -0.0511. The van der Waals surface area contributed by atoms with Gasteiger partial charge in [0.1, 0.15) is 40.8 Å². The molecule has 1 saturated heterocycles. The van der Waals surface area contributed by atoms with Crippen molar-refractivity contribution in [3.05, 3.63) is 18.3 Å². The van der Waals surface area contributed by atoms with Gasteiger partial charge < -0.3 is 25.8 Å². The molecular weight excluding hydrogens is 298 g/mol. The number of aliphatic hydroxyl groups excluding tert-OH is 3. The number of nitrogens with two attached hydrogens (primary N) is 1. The molecule has 1 fully saturated rings. The van der Waals surface area contributed by atoms with Crippen molar-refractivity contribution in [3.63, 3.8) is 0 Å². The van der Waals surface area contributed by atoms with Crippen LogP contribution in [-0.2, 0) is 4.74 Å². The van der Waals surface area contributed by atoms with E-state index >= 15 is 0 Å². The molecule has 112 valence electrons. The summed E-state index contributed by atoms with van der Waals surface area (Å²) in [6.45, 7) is -0.408. The van der Waals surface area contributed by atoms with E-state index in [1.54, 1.807) is 0 Å². The second-order valence-corrected chi connectivity index (χ2v) is 5.08. The Morgan fingerprint density at radius 1 is 1.33 bits per heavy atom. The van der Waals surface area contributed by atoms with E-state index in [1.807, 2.05) is 0 Å². The fourth-order valence-corrected chi connectivity index (χ4v) is 2.48. The van der Waals surface area contributed by atoms with Crippen LogP contribution < -0.4 is 5.73 Å². The number of nitrogens with zero attached hydrogens (tertiary/aromatic N) is 4. The van der Waals surface area contributed by atoms with Crippen molar-refractivity contribution in [3.8, 4) is 0 Å². The van der Waals surface area contributed by atoms with Gasteiger partial charge in [0.05, 0.1) is 12.9 Å². The van der Waals surface area contributed by atoms with Crippen molar-refractivity contribution in [2.24, 2.45) is 5.73 Å². The second kappa shape index (κ2) is 5.24. The van der Waals surface area contributed by atoms with Gasteiger partial charge in [-0.25, -0.2) is 15.0 Å². The maximum atomic E-state index is 10.0. The van der Waals surface area contributed by atoms with Crippen LogP contribution in [0.2, 0.25) is 0 Å². The van der Waals surface area contributed by atoms with Crippen LogP contribution in [0.5, 0.6) is 0 Å². The Hall–Kier alpha value is -1.72. The minimum atomic E-state index is -1.22. The highest BCUT2D eigenvalue weighted by Crippen LogP contribution is 2.31. The summed E-state index contributed by atoms with van der Waals surface area (Å²) in [4.78, 5) is 12.3. The van der Waals surface area contributed by atoms with Crippen LogP contribution in [0.25, 0.3) is 11.2 Å². The van der Waals surface area contributed by atoms with Gasteiger partial charge in [0.25, 0.3) is 0 Å². The van der Waals surface area contributed by atoms with Crippen LogP contribution in [0, 0.1) is 0 Å². The Balaban J connectivity index is 2.06. The Labute approximate surface area is 124 Å². The number of thiocarbonyl (C=S) groups is 1. The number of aliphatic hydroxyl groups is 3. The number of aromatic nitrogens is 4. The van der Waals surface area contributed by atoms with Crippen molar-refractivity contribution in [1.29, 1.82) is 0 Å². The third kappa shape index (κ3) is 2.17. The zero-order valence-corrected chi connectivity index (χ0v) is 11.5. The highest BCUT2D eigenvalue weighted by atomic mass is 32.1. The Morgan fingerprint density at radius 2 is 2.10 bits per heavy atom. The fourth-order valence-electron chi connectivity index (χ4n) is 2.33. The Morgan fingerprint density at radius 3 is 2.71 bits per heavy atom. The first-order valence-corrected chi connectivity index (χ1v) is 6.55. The monoisotopic (exact) mass is 311 g/mol. The maximum absolute atomic E-state index is 10.0. The van der Waals surface area contributed by atoms with Gasteiger partial charge in [0.2, 0.25) is 0 Å². The lowest BCUT2D eigenvalue weighted by Gasteiger charge is -2.16. The van der Waals surface area contributed by atoms with Crippen molar-refractivity contribution in [2.75, 3.05) is 6.61 Å². The average molecular weight is 311 g/mol. The summed E-state index contributed by atoms with van der Waals surface area (Å²) >= 11 is 4.90. The van der Waals surface area contributed by atoms with Gasteiger partial charge in [-0.2, -0.15) is 0 Å². The van der Waals surface area contributed by atoms with E-state index in [0.29, 0.717) is 16.9 Å². The number of hydrogen-bond acceptors (Lipinski definition) is 8. The van der Waals surface area contributed by atoms with Gasteiger partial charge in [0.15, 0.2) is 11.9 Å². The van der Waals surface area contributed by atoms with Gasteiger partial charge in [-0.15, -0.1) is 0 Å². The van der Waals surface area contributed by atoms with Crippen molar-refractivity contribution >= 4 is 28.4 Å². The molecule has 0 saturated carbocycles. The summed E-state index contributed by atoms with van der Waals surface area (Å²) in [7, 11) is 0. The van der Waals surface area contributed by atoms with Crippen LogP contribution >= 0.6 is 12.2 Å². The minimum Gasteiger partial charge on any atom is -0.394 e. The maximum Gasteiger partial charge on any atom is 0.166 e. The van der Waals surface area contributed by atoms with E-state index in [9.17, 15) is 10.2 Å². The van der Waals surface area contributed by atoms with Crippen LogP contribution in [0.1, 0.15) is 11.9 Å². The van der Waals surface area contributed by atoms with Crippen LogP contribution in [-0.4, -0.2) is 64.7 Å². The molecule has 0 unspecified atom stereocenters. The number of ether oxygens (including phenoxy) is 1. The third-order valence-corrected chi connectivity index (χ3v) is 3.58. The first kappa shape index (κ1) is 14.2. The van der Waals surface area contributed by atoms with Gasteiger partial charge in [-0.05, 0) is 0 Å². The van der Waals surface area contributed by atoms with Crippen molar-refractivity contribution in [2.45, 2.75) is 24.5 Å². The molecule has 0 amide bonds. The van der Waals surface area contributed by atoms with E-state index in [-0.39, 0.29) is 4.99 Å². The predicted molar refractivity (Wildman–Crippen MR) is 74.2 cm³/mol. The SMILES string of the molecule is NC(=S)c1ncnc2c1ncn2[C@@H]1O[C@@H](CO)[C@@H](O)[C@@H]1O. The summed E-state index contributed by atoms with van der Waals surface area (Å²) in [5, 5.41) is 29.0. The second-order valence-electron chi connectivity index (χ2n) is 4.64. The molecule has 0 aromatic carbocycles. The highest BCUT2D eigenvalue weighted by Gasteiger charge is 2.44. The predicted octanol–water partition coefficient (Wildman–Crippen LogP) is -1.93. The highest BCUT2D eigenvalue weighted by molar-refractivity contribution is 7.80. The minimum absolute atomic E-state index is 0.0776. The normalized spacial score (nSPS) is 29.1. The van der Waals surface area contributed by atoms with Crippen LogP contribution in [0.15, 0.2) is 12.7 Å². The molecule has 2 aromatic rings. The number of rotatable bonds is 3. The molecule has 5 N–H and O–H groups in total. The molecule has 0 spiro atoms. The van der Waals surface area contributed by atoms with E-state index < -0.39 is 31.1 Å². The topological polar surface area (TPSA) is 140 Å². The van der Waals surface area contributed by atoms with Crippen LogP contribution in [0.3, 0.4) is 0 Å². The lowest BCUT2D eigenvalue weighted by atomic mass is 10.1. The van der Waals surface area contributed by atoms with E-state index in [2.05, 4.69) is 15.0 Å². The average Bonchev–Trinajstić information content (AvgIpc) is 3.01. The number of fused-ring (bicyclic) bond motifs is 1. The summed E-state index contributed by atoms with van der Waals surface area (Å²) in [6, 6.07) is 0. The molecular formula is C11H13N5O4S. The first-order chi connectivity index (χ1) is 10.0.